The zero-order chi connectivity index (χ0) is 22.2. The molecule has 0 unspecified atom stereocenters. The fraction of sp³-hybridized carbons (Fsp3) is 0.458. The van der Waals surface area contributed by atoms with Gasteiger partial charge in [-0.1, -0.05) is 38.0 Å². The van der Waals surface area contributed by atoms with E-state index in [9.17, 15) is 14.4 Å². The van der Waals surface area contributed by atoms with Crippen molar-refractivity contribution < 1.29 is 23.9 Å². The number of hydrogen-bond donors (Lipinski definition) is 1. The second-order valence-electron chi connectivity index (χ2n) is 8.07. The van der Waals surface area contributed by atoms with Crippen LogP contribution in [0.25, 0.3) is 0 Å². The van der Waals surface area contributed by atoms with Crippen molar-refractivity contribution in [2.75, 3.05) is 18.1 Å². The molecule has 164 valence electrons. The van der Waals surface area contributed by atoms with Crippen molar-refractivity contribution in [1.82, 2.24) is 0 Å². The third-order valence-electron chi connectivity index (χ3n) is 6.22. The van der Waals surface area contributed by atoms with Crippen LogP contribution in [0.2, 0.25) is 0 Å². The number of Topliss-reactive ketones (excluding diaryl/α,β-unsaturated/α-hetero) is 1. The summed E-state index contributed by atoms with van der Waals surface area (Å²) in [6, 6.07) is 7.32. The number of allylic oxidation sites excluding steroid dienone is 1. The van der Waals surface area contributed by atoms with Crippen molar-refractivity contribution >= 4 is 23.3 Å². The van der Waals surface area contributed by atoms with Crippen LogP contribution in [0.15, 0.2) is 47.1 Å². The molecule has 3 aliphatic rings. The van der Waals surface area contributed by atoms with E-state index in [-0.39, 0.29) is 35.3 Å². The lowest BCUT2D eigenvalue weighted by Gasteiger charge is -2.38. The van der Waals surface area contributed by atoms with E-state index in [2.05, 4.69) is 6.92 Å². The first-order valence-corrected chi connectivity index (χ1v) is 11.0. The van der Waals surface area contributed by atoms with Gasteiger partial charge in [-0.25, -0.2) is 4.79 Å². The average molecular weight is 424 g/mol. The van der Waals surface area contributed by atoms with Crippen molar-refractivity contribution in [3.63, 3.8) is 0 Å². The van der Waals surface area contributed by atoms with Crippen LogP contribution >= 0.6 is 0 Å². The molecule has 7 heteroatoms. The van der Waals surface area contributed by atoms with Crippen LogP contribution < -0.4 is 10.6 Å². The maximum absolute atomic E-state index is 14.2. The van der Waals surface area contributed by atoms with Gasteiger partial charge in [0.05, 0.1) is 12.2 Å². The number of carbonyl (C=O) groups excluding carboxylic acids is 3. The number of nitrogens with two attached hydrogens (primary N) is 1. The van der Waals surface area contributed by atoms with Gasteiger partial charge in [0.15, 0.2) is 5.78 Å². The van der Waals surface area contributed by atoms with Gasteiger partial charge < -0.3 is 20.1 Å². The fourth-order valence-electron chi connectivity index (χ4n) is 4.96. The molecule has 1 aliphatic carbocycles. The second-order valence-corrected chi connectivity index (χ2v) is 8.07. The molecule has 2 N–H and O–H groups in total. The molecule has 0 saturated carbocycles. The highest BCUT2D eigenvalue weighted by atomic mass is 16.5. The Labute approximate surface area is 181 Å². The van der Waals surface area contributed by atoms with Crippen LogP contribution in [0.4, 0.5) is 5.69 Å². The largest absolute Gasteiger partial charge is 0.462 e. The molecule has 1 spiro atoms. The molecule has 1 aromatic rings. The minimum absolute atomic E-state index is 0.0845. The second kappa shape index (κ2) is 8.21. The molecular formula is C24H28N2O5. The number of hydrogen-bond acceptors (Lipinski definition) is 6. The Hall–Kier alpha value is -3.09. The first kappa shape index (κ1) is 21.2. The molecule has 0 aromatic heterocycles. The predicted molar refractivity (Wildman–Crippen MR) is 115 cm³/mol. The van der Waals surface area contributed by atoms with E-state index in [0.717, 1.165) is 19.3 Å². The topological polar surface area (TPSA) is 98.9 Å². The molecular weight excluding hydrogens is 396 g/mol. The van der Waals surface area contributed by atoms with E-state index in [1.54, 1.807) is 17.9 Å². The summed E-state index contributed by atoms with van der Waals surface area (Å²) in [6.45, 7) is 4.39. The first-order valence-electron chi connectivity index (χ1n) is 11.0. The molecule has 0 bridgehead atoms. The number of fused-ring (bicyclic) bond motifs is 3. The Morgan fingerprint density at radius 1 is 1.19 bits per heavy atom. The summed E-state index contributed by atoms with van der Waals surface area (Å²) in [4.78, 5) is 42.2. The Bertz CT molecular complexity index is 1010. The number of amides is 1. The molecule has 0 fully saturated rings. The molecule has 2 heterocycles. The Kier molecular flexibility index (Phi) is 5.60. The lowest BCUT2D eigenvalue weighted by atomic mass is 9.64. The van der Waals surface area contributed by atoms with Crippen LogP contribution in [0.5, 0.6) is 0 Å². The summed E-state index contributed by atoms with van der Waals surface area (Å²) < 4.78 is 11.1. The number of para-hydroxylation sites is 1. The van der Waals surface area contributed by atoms with Gasteiger partial charge in [0.1, 0.15) is 16.7 Å². The van der Waals surface area contributed by atoms with Crippen molar-refractivity contribution in [2.45, 2.75) is 57.8 Å². The molecule has 31 heavy (non-hydrogen) atoms. The van der Waals surface area contributed by atoms with E-state index in [1.165, 1.54) is 0 Å². The Morgan fingerprint density at radius 2 is 1.97 bits per heavy atom. The summed E-state index contributed by atoms with van der Waals surface area (Å²) in [7, 11) is 0. The highest BCUT2D eigenvalue weighted by molar-refractivity contribution is 6.23. The number of esters is 1. The number of ether oxygens (including phenoxy) is 2. The van der Waals surface area contributed by atoms with Gasteiger partial charge in [0.2, 0.25) is 11.8 Å². The third-order valence-corrected chi connectivity index (χ3v) is 6.22. The van der Waals surface area contributed by atoms with Gasteiger partial charge in [-0.15, -0.1) is 0 Å². The van der Waals surface area contributed by atoms with Gasteiger partial charge in [-0.3, -0.25) is 9.59 Å². The van der Waals surface area contributed by atoms with E-state index < -0.39 is 11.4 Å². The highest BCUT2D eigenvalue weighted by Crippen LogP contribution is 2.56. The van der Waals surface area contributed by atoms with Gasteiger partial charge in [-0.05, 0) is 25.8 Å². The first-order chi connectivity index (χ1) is 15.0. The number of anilines is 1. The summed E-state index contributed by atoms with van der Waals surface area (Å²) in [5.41, 5.74) is 6.07. The summed E-state index contributed by atoms with van der Waals surface area (Å²) in [5, 5.41) is 0. The summed E-state index contributed by atoms with van der Waals surface area (Å²) >= 11 is 0. The number of benzene rings is 1. The van der Waals surface area contributed by atoms with Gasteiger partial charge in [-0.2, -0.15) is 0 Å². The monoisotopic (exact) mass is 424 g/mol. The van der Waals surface area contributed by atoms with Crippen LogP contribution in [0.1, 0.15) is 57.9 Å². The van der Waals surface area contributed by atoms with Gasteiger partial charge in [0.25, 0.3) is 0 Å². The zero-order valence-electron chi connectivity index (χ0n) is 18.0. The standard InChI is InChI=1S/C24H28N2O5/c1-3-5-8-14-26-16-11-7-6-10-15(16)24(23(26)29)19-17(27)12-9-13-18(19)31-21(25)20(24)22(28)30-4-2/h6-7,10-11H,3-5,8-9,12-14,25H2,1-2H3/t24-/m1/s1. The molecule has 1 amide bonds. The number of carbonyl (C=O) groups is 3. The third kappa shape index (κ3) is 3.06. The van der Waals surface area contributed by atoms with Crippen LogP contribution in [-0.4, -0.2) is 30.8 Å². The van der Waals surface area contributed by atoms with Crippen molar-refractivity contribution in [2.24, 2.45) is 5.73 Å². The number of unbranched alkanes of at least 4 members (excludes halogenated alkanes) is 2. The number of rotatable bonds is 6. The Morgan fingerprint density at radius 3 is 2.71 bits per heavy atom. The predicted octanol–water partition coefficient (Wildman–Crippen LogP) is 3.23. The minimum Gasteiger partial charge on any atom is -0.462 e. The smallest absolute Gasteiger partial charge is 0.341 e. The fourth-order valence-corrected chi connectivity index (χ4v) is 4.96. The average Bonchev–Trinajstić information content (AvgIpc) is 2.97. The maximum Gasteiger partial charge on any atom is 0.341 e. The van der Waals surface area contributed by atoms with Crippen LogP contribution in [-0.2, 0) is 29.3 Å². The summed E-state index contributed by atoms with van der Waals surface area (Å²) in [5.74, 6) is -1.02. The highest BCUT2D eigenvalue weighted by Gasteiger charge is 2.63. The molecule has 0 saturated heterocycles. The van der Waals surface area contributed by atoms with Gasteiger partial charge >= 0.3 is 5.97 Å². The van der Waals surface area contributed by atoms with Crippen molar-refractivity contribution in [3.8, 4) is 0 Å². The number of nitrogens with zero attached hydrogens (tertiary/aromatic N) is 1. The molecule has 2 aliphatic heterocycles. The number of ketones is 1. The molecule has 1 atom stereocenters. The molecule has 4 rings (SSSR count). The minimum atomic E-state index is -1.62. The molecule has 1 aromatic carbocycles. The lowest BCUT2D eigenvalue weighted by Crippen LogP contribution is -2.51. The van der Waals surface area contributed by atoms with E-state index >= 15 is 0 Å². The van der Waals surface area contributed by atoms with Crippen molar-refractivity contribution in [3.05, 3.63) is 52.6 Å². The quantitative estimate of drug-likeness (QED) is 0.556. The van der Waals surface area contributed by atoms with Crippen molar-refractivity contribution in [1.29, 1.82) is 0 Å². The molecule has 7 nitrogen and oxygen atoms in total. The van der Waals surface area contributed by atoms with Crippen LogP contribution in [0.3, 0.4) is 0 Å². The van der Waals surface area contributed by atoms with E-state index in [4.69, 9.17) is 15.2 Å². The lowest BCUT2D eigenvalue weighted by molar-refractivity contribution is -0.141. The van der Waals surface area contributed by atoms with E-state index in [1.807, 2.05) is 18.2 Å². The van der Waals surface area contributed by atoms with Crippen LogP contribution in [0, 0.1) is 0 Å². The normalized spacial score (nSPS) is 22.6. The maximum atomic E-state index is 14.2. The SMILES string of the molecule is CCCCCN1C(=O)[C@]2(C(C(=O)OCC)=C(N)OC3=C2C(=O)CCC3)c2ccccc21. The van der Waals surface area contributed by atoms with Gasteiger partial charge in [0, 0.05) is 30.6 Å². The zero-order valence-corrected chi connectivity index (χ0v) is 18.0. The molecule has 0 radical (unpaired) electrons. The van der Waals surface area contributed by atoms with E-state index in [0.29, 0.717) is 42.8 Å². The summed E-state index contributed by atoms with van der Waals surface area (Å²) in [6.07, 6.45) is 4.20. The Balaban J connectivity index is 1.99.